The summed E-state index contributed by atoms with van der Waals surface area (Å²) in [4.78, 5) is 16.1. The van der Waals surface area contributed by atoms with Crippen molar-refractivity contribution < 1.29 is 23.1 Å². The molecule has 0 aliphatic carbocycles. The van der Waals surface area contributed by atoms with E-state index >= 15 is 0 Å². The number of allylic oxidation sites excluding steroid dienone is 1. The van der Waals surface area contributed by atoms with Crippen LogP contribution in [0.4, 0.5) is 0 Å². The van der Waals surface area contributed by atoms with Crippen LogP contribution in [0.1, 0.15) is 37.0 Å². The highest BCUT2D eigenvalue weighted by atomic mass is 31.2. The summed E-state index contributed by atoms with van der Waals surface area (Å²) in [5, 5.41) is 0. The summed E-state index contributed by atoms with van der Waals surface area (Å²) in [6.07, 6.45) is 3.87. The van der Waals surface area contributed by atoms with Gasteiger partial charge in [0.05, 0.1) is 19.8 Å². The van der Waals surface area contributed by atoms with E-state index in [1.165, 1.54) is 5.82 Å². The average Bonchev–Trinajstić information content (AvgIpc) is 3.01. The van der Waals surface area contributed by atoms with Crippen LogP contribution in [0.3, 0.4) is 0 Å². The minimum atomic E-state index is -3.22. The molecule has 0 unspecified atom stereocenters. The lowest BCUT2D eigenvalue weighted by molar-refractivity contribution is 0.0520. The van der Waals surface area contributed by atoms with Crippen molar-refractivity contribution in [1.82, 2.24) is 9.38 Å². The molecule has 2 aromatic rings. The maximum Gasteiger partial charge on any atom is 0.358 e. The van der Waals surface area contributed by atoms with Crippen LogP contribution in [0.25, 0.3) is 5.65 Å². The third kappa shape index (κ3) is 5.01. The van der Waals surface area contributed by atoms with Gasteiger partial charge in [-0.25, -0.2) is 9.78 Å². The van der Waals surface area contributed by atoms with Crippen molar-refractivity contribution in [2.24, 2.45) is 0 Å². The lowest BCUT2D eigenvalue weighted by atomic mass is 10.2. The Kier molecular flexibility index (Phi) is 6.93. The summed E-state index contributed by atoms with van der Waals surface area (Å²) < 4.78 is 29.7. The van der Waals surface area contributed by atoms with Gasteiger partial charge in [0.1, 0.15) is 5.65 Å². The number of ether oxygens (including phenoxy) is 1. The second kappa shape index (κ2) is 8.94. The van der Waals surface area contributed by atoms with E-state index in [2.05, 4.69) is 4.98 Å². The smallest absolute Gasteiger partial charge is 0.358 e. The van der Waals surface area contributed by atoms with Crippen molar-refractivity contribution in [3.63, 3.8) is 0 Å². The Bertz CT molecular complexity index is 789. The number of pyridine rings is 1. The predicted octanol–water partition coefficient (Wildman–Crippen LogP) is 3.83. The van der Waals surface area contributed by atoms with E-state index in [0.717, 1.165) is 5.69 Å². The van der Waals surface area contributed by atoms with E-state index in [1.54, 1.807) is 39.1 Å². The molecule has 2 aromatic heterocycles. The SMILES string of the molecule is CCOC(=O)c1cn2c(C/C=C/P(=O)(OCC)OCC)cccc2n1. The minimum absolute atomic E-state index is 0.257. The van der Waals surface area contributed by atoms with E-state index < -0.39 is 13.6 Å². The molecule has 0 saturated heterocycles. The van der Waals surface area contributed by atoms with Gasteiger partial charge < -0.3 is 18.2 Å². The first-order valence-corrected chi connectivity index (χ1v) is 9.84. The highest BCUT2D eigenvalue weighted by Crippen LogP contribution is 2.49. The summed E-state index contributed by atoms with van der Waals surface area (Å²) in [6, 6.07) is 5.56. The molecule has 2 heterocycles. The number of imidazole rings is 1. The van der Waals surface area contributed by atoms with Crippen LogP contribution in [0.15, 0.2) is 36.3 Å². The monoisotopic (exact) mass is 366 g/mol. The molecule has 0 atom stereocenters. The number of rotatable bonds is 9. The molecule has 0 bridgehead atoms. The molecule has 0 amide bonds. The number of esters is 1. The molecule has 0 saturated carbocycles. The number of hydrogen-bond acceptors (Lipinski definition) is 6. The van der Waals surface area contributed by atoms with Crippen LogP contribution in [-0.4, -0.2) is 35.2 Å². The first kappa shape index (κ1) is 19.4. The van der Waals surface area contributed by atoms with Crippen molar-refractivity contribution in [3.05, 3.63) is 47.7 Å². The van der Waals surface area contributed by atoms with E-state index in [4.69, 9.17) is 13.8 Å². The van der Waals surface area contributed by atoms with E-state index in [-0.39, 0.29) is 5.69 Å². The summed E-state index contributed by atoms with van der Waals surface area (Å²) in [5.41, 5.74) is 1.79. The zero-order valence-electron chi connectivity index (χ0n) is 14.7. The molecular weight excluding hydrogens is 343 g/mol. The lowest BCUT2D eigenvalue weighted by Crippen LogP contribution is -2.04. The van der Waals surface area contributed by atoms with E-state index in [1.807, 2.05) is 16.5 Å². The summed E-state index contributed by atoms with van der Waals surface area (Å²) >= 11 is 0. The predicted molar refractivity (Wildman–Crippen MR) is 94.9 cm³/mol. The Balaban J connectivity index is 2.22. The molecule has 25 heavy (non-hydrogen) atoms. The van der Waals surface area contributed by atoms with Crippen molar-refractivity contribution in [1.29, 1.82) is 0 Å². The fraction of sp³-hybridized carbons (Fsp3) is 0.412. The summed E-state index contributed by atoms with van der Waals surface area (Å²) in [6.45, 7) is 6.19. The van der Waals surface area contributed by atoms with Crippen molar-refractivity contribution in [3.8, 4) is 0 Å². The third-order valence-corrected chi connectivity index (χ3v) is 5.11. The molecule has 8 heteroatoms. The molecule has 0 N–H and O–H groups in total. The molecular formula is C17H23N2O5P. The second-order valence-corrected chi connectivity index (χ2v) is 6.95. The molecule has 0 aliphatic heterocycles. The van der Waals surface area contributed by atoms with Crippen LogP contribution >= 0.6 is 7.60 Å². The Hall–Kier alpha value is -1.95. The van der Waals surface area contributed by atoms with Gasteiger partial charge in [-0.15, -0.1) is 0 Å². The van der Waals surface area contributed by atoms with Gasteiger partial charge in [0, 0.05) is 24.1 Å². The van der Waals surface area contributed by atoms with Crippen molar-refractivity contribution >= 4 is 19.2 Å². The standard InChI is InChI=1S/C17H23N2O5P/c1-4-22-17(20)15-13-19-14(9-7-11-16(19)18-15)10-8-12-25(21,23-5-2)24-6-3/h7-9,11-13H,4-6,10H2,1-3H3/b12-8+. The van der Waals surface area contributed by atoms with Crippen molar-refractivity contribution in [2.75, 3.05) is 19.8 Å². The largest absolute Gasteiger partial charge is 0.461 e. The zero-order valence-corrected chi connectivity index (χ0v) is 15.6. The quantitative estimate of drug-likeness (QED) is 0.496. The van der Waals surface area contributed by atoms with Crippen LogP contribution in [0.5, 0.6) is 0 Å². The lowest BCUT2D eigenvalue weighted by Gasteiger charge is -2.12. The second-order valence-electron chi connectivity index (χ2n) is 5.06. The highest BCUT2D eigenvalue weighted by molar-refractivity contribution is 7.57. The van der Waals surface area contributed by atoms with Gasteiger partial charge in [-0.05, 0) is 32.9 Å². The summed E-state index contributed by atoms with van der Waals surface area (Å²) in [7, 11) is -3.22. The van der Waals surface area contributed by atoms with E-state index in [0.29, 0.717) is 31.9 Å². The third-order valence-electron chi connectivity index (χ3n) is 3.29. The first-order valence-electron chi connectivity index (χ1n) is 8.23. The minimum Gasteiger partial charge on any atom is -0.461 e. The van der Waals surface area contributed by atoms with Crippen LogP contribution in [-0.2, 0) is 24.8 Å². The Morgan fingerprint density at radius 3 is 2.56 bits per heavy atom. The van der Waals surface area contributed by atoms with E-state index in [9.17, 15) is 9.36 Å². The average molecular weight is 366 g/mol. The van der Waals surface area contributed by atoms with Gasteiger partial charge in [-0.1, -0.05) is 12.1 Å². The van der Waals surface area contributed by atoms with Gasteiger partial charge in [0.2, 0.25) is 0 Å². The molecule has 7 nitrogen and oxygen atoms in total. The van der Waals surface area contributed by atoms with Crippen LogP contribution < -0.4 is 0 Å². The molecule has 0 aliphatic rings. The van der Waals surface area contributed by atoms with Crippen molar-refractivity contribution in [2.45, 2.75) is 27.2 Å². The van der Waals surface area contributed by atoms with Gasteiger partial charge in [-0.3, -0.25) is 4.57 Å². The number of fused-ring (bicyclic) bond motifs is 1. The van der Waals surface area contributed by atoms with Gasteiger partial charge in [0.25, 0.3) is 0 Å². The molecule has 2 rings (SSSR count). The topological polar surface area (TPSA) is 79.1 Å². The molecule has 0 fully saturated rings. The fourth-order valence-electron chi connectivity index (χ4n) is 2.32. The molecule has 136 valence electrons. The Morgan fingerprint density at radius 1 is 1.20 bits per heavy atom. The number of aromatic nitrogens is 2. The molecule has 0 spiro atoms. The Morgan fingerprint density at radius 2 is 1.92 bits per heavy atom. The Labute approximate surface area is 147 Å². The number of nitrogens with zero attached hydrogens (tertiary/aromatic N) is 2. The van der Waals surface area contributed by atoms with Crippen LogP contribution in [0.2, 0.25) is 0 Å². The highest BCUT2D eigenvalue weighted by Gasteiger charge is 2.18. The van der Waals surface area contributed by atoms with Crippen LogP contribution in [0, 0.1) is 0 Å². The van der Waals surface area contributed by atoms with Gasteiger partial charge >= 0.3 is 13.6 Å². The fourth-order valence-corrected chi connectivity index (χ4v) is 3.65. The molecule has 0 radical (unpaired) electrons. The zero-order chi connectivity index (χ0) is 18.3. The van der Waals surface area contributed by atoms with Gasteiger partial charge in [0.15, 0.2) is 5.69 Å². The maximum atomic E-state index is 12.4. The number of carbonyl (C=O) groups is 1. The normalized spacial score (nSPS) is 12.1. The number of carbonyl (C=O) groups excluding carboxylic acids is 1. The molecule has 0 aromatic carbocycles. The first-order chi connectivity index (χ1) is 12.0. The maximum absolute atomic E-state index is 12.4. The number of hydrogen-bond donors (Lipinski definition) is 0. The summed E-state index contributed by atoms with van der Waals surface area (Å²) in [5.74, 6) is 1.02. The van der Waals surface area contributed by atoms with Gasteiger partial charge in [-0.2, -0.15) is 0 Å².